The minimum absolute atomic E-state index is 0.0518. The zero-order valence-corrected chi connectivity index (χ0v) is 8.62. The van der Waals surface area contributed by atoms with Gasteiger partial charge in [-0.15, -0.1) is 0 Å². The summed E-state index contributed by atoms with van der Waals surface area (Å²) < 4.78 is 9.75. The van der Waals surface area contributed by atoms with Crippen LogP contribution in [-0.2, 0) is 14.3 Å². The van der Waals surface area contributed by atoms with Crippen molar-refractivity contribution in [1.82, 2.24) is 5.32 Å². The number of hydrogen-bond donors (Lipinski definition) is 2. The maximum absolute atomic E-state index is 10.8. The van der Waals surface area contributed by atoms with Crippen molar-refractivity contribution in [3.05, 3.63) is 0 Å². The van der Waals surface area contributed by atoms with E-state index in [2.05, 4.69) is 5.32 Å². The molecule has 0 radical (unpaired) electrons. The van der Waals surface area contributed by atoms with Gasteiger partial charge in [0.1, 0.15) is 0 Å². The van der Waals surface area contributed by atoms with Gasteiger partial charge in [-0.3, -0.25) is 4.79 Å². The van der Waals surface area contributed by atoms with E-state index in [9.17, 15) is 4.79 Å². The fraction of sp³-hybridized carbons (Fsp3) is 0.889. The van der Waals surface area contributed by atoms with Gasteiger partial charge < -0.3 is 19.9 Å². The molecule has 0 amide bonds. The van der Waals surface area contributed by atoms with Crippen LogP contribution in [0.1, 0.15) is 13.3 Å². The van der Waals surface area contributed by atoms with Gasteiger partial charge in [-0.2, -0.15) is 0 Å². The number of esters is 1. The lowest BCUT2D eigenvalue weighted by Gasteiger charge is -2.04. The molecule has 0 rings (SSSR count). The lowest BCUT2D eigenvalue weighted by atomic mass is 10.4. The third-order valence-corrected chi connectivity index (χ3v) is 1.45. The van der Waals surface area contributed by atoms with Crippen molar-refractivity contribution < 1.29 is 19.4 Å². The van der Waals surface area contributed by atoms with Gasteiger partial charge in [-0.05, 0) is 19.9 Å². The molecular formula is C9H19NO4. The van der Waals surface area contributed by atoms with E-state index in [-0.39, 0.29) is 19.1 Å². The smallest absolute Gasteiger partial charge is 0.319 e. The Labute approximate surface area is 84.4 Å². The number of aliphatic hydroxyl groups is 1. The number of ether oxygens (including phenoxy) is 2. The van der Waals surface area contributed by atoms with Gasteiger partial charge in [0.25, 0.3) is 0 Å². The van der Waals surface area contributed by atoms with Crippen LogP contribution in [0.15, 0.2) is 0 Å². The molecule has 0 bridgehead atoms. The molecule has 0 saturated heterocycles. The average molecular weight is 205 g/mol. The predicted octanol–water partition coefficient (Wildman–Crippen LogP) is -0.462. The molecule has 0 aliphatic carbocycles. The van der Waals surface area contributed by atoms with Crippen molar-refractivity contribution in [2.75, 3.05) is 39.5 Å². The quantitative estimate of drug-likeness (QED) is 0.394. The van der Waals surface area contributed by atoms with Crippen LogP contribution in [0.5, 0.6) is 0 Å². The van der Waals surface area contributed by atoms with E-state index in [0.29, 0.717) is 26.4 Å². The first-order valence-electron chi connectivity index (χ1n) is 4.86. The molecule has 14 heavy (non-hydrogen) atoms. The van der Waals surface area contributed by atoms with Gasteiger partial charge in [0.05, 0.1) is 26.4 Å². The maximum atomic E-state index is 10.8. The minimum Gasteiger partial charge on any atom is -0.465 e. The summed E-state index contributed by atoms with van der Waals surface area (Å²) in [5.74, 6) is -0.233. The van der Waals surface area contributed by atoms with Crippen LogP contribution in [0.25, 0.3) is 0 Å². The van der Waals surface area contributed by atoms with E-state index < -0.39 is 0 Å². The van der Waals surface area contributed by atoms with E-state index in [1.165, 1.54) is 0 Å². The minimum atomic E-state index is -0.233. The second-order valence-corrected chi connectivity index (χ2v) is 2.67. The van der Waals surface area contributed by atoms with Gasteiger partial charge in [0, 0.05) is 6.61 Å². The van der Waals surface area contributed by atoms with Crippen molar-refractivity contribution >= 4 is 5.97 Å². The highest BCUT2D eigenvalue weighted by atomic mass is 16.5. The van der Waals surface area contributed by atoms with Crippen LogP contribution in [-0.4, -0.2) is 50.6 Å². The first-order chi connectivity index (χ1) is 6.81. The SMILES string of the molecule is CCOC(=O)CNCCCOCCO. The number of aliphatic hydroxyl groups excluding tert-OH is 1. The summed E-state index contributed by atoms with van der Waals surface area (Å²) >= 11 is 0. The molecule has 0 aliphatic rings. The molecule has 5 heteroatoms. The van der Waals surface area contributed by atoms with Crippen LogP contribution < -0.4 is 5.32 Å². The molecule has 0 spiro atoms. The Morgan fingerprint density at radius 3 is 2.86 bits per heavy atom. The molecule has 0 heterocycles. The Balaban J connectivity index is 3.01. The molecule has 0 aliphatic heterocycles. The van der Waals surface area contributed by atoms with Crippen LogP contribution in [0.4, 0.5) is 0 Å². The maximum Gasteiger partial charge on any atom is 0.319 e. The van der Waals surface area contributed by atoms with Crippen molar-refractivity contribution in [2.24, 2.45) is 0 Å². The summed E-state index contributed by atoms with van der Waals surface area (Å²) in [5, 5.41) is 11.3. The lowest BCUT2D eigenvalue weighted by molar-refractivity contribution is -0.142. The fourth-order valence-electron chi connectivity index (χ4n) is 0.868. The Morgan fingerprint density at radius 2 is 2.21 bits per heavy atom. The summed E-state index contributed by atoms with van der Waals surface area (Å²) in [6.45, 7) is 4.17. The van der Waals surface area contributed by atoms with Gasteiger partial charge in [0.15, 0.2) is 0 Å². The Kier molecular flexibility index (Phi) is 9.95. The summed E-state index contributed by atoms with van der Waals surface area (Å²) in [4.78, 5) is 10.8. The zero-order valence-electron chi connectivity index (χ0n) is 8.62. The molecule has 0 fully saturated rings. The lowest BCUT2D eigenvalue weighted by Crippen LogP contribution is -2.26. The van der Waals surface area contributed by atoms with Crippen molar-refractivity contribution in [3.8, 4) is 0 Å². The largest absolute Gasteiger partial charge is 0.465 e. The molecule has 5 nitrogen and oxygen atoms in total. The Hall–Kier alpha value is -0.650. The molecule has 0 saturated carbocycles. The first-order valence-corrected chi connectivity index (χ1v) is 4.86. The van der Waals surface area contributed by atoms with Crippen molar-refractivity contribution in [1.29, 1.82) is 0 Å². The van der Waals surface area contributed by atoms with Crippen molar-refractivity contribution in [2.45, 2.75) is 13.3 Å². The predicted molar refractivity (Wildman–Crippen MR) is 52.0 cm³/mol. The van der Waals surface area contributed by atoms with Crippen LogP contribution in [0.3, 0.4) is 0 Å². The van der Waals surface area contributed by atoms with Crippen LogP contribution >= 0.6 is 0 Å². The molecule has 0 aromatic rings. The molecule has 0 aromatic heterocycles. The Morgan fingerprint density at radius 1 is 1.43 bits per heavy atom. The fourth-order valence-corrected chi connectivity index (χ4v) is 0.868. The average Bonchev–Trinajstić information content (AvgIpc) is 2.17. The first kappa shape index (κ1) is 13.4. The topological polar surface area (TPSA) is 67.8 Å². The number of nitrogens with one attached hydrogen (secondary N) is 1. The van der Waals surface area contributed by atoms with Gasteiger partial charge in [-0.1, -0.05) is 0 Å². The van der Waals surface area contributed by atoms with Gasteiger partial charge in [0.2, 0.25) is 0 Å². The van der Waals surface area contributed by atoms with E-state index in [1.54, 1.807) is 6.92 Å². The zero-order chi connectivity index (χ0) is 10.6. The van der Waals surface area contributed by atoms with Crippen LogP contribution in [0.2, 0.25) is 0 Å². The van der Waals surface area contributed by atoms with E-state index in [0.717, 1.165) is 6.42 Å². The Bertz CT molecular complexity index is 141. The molecule has 0 atom stereocenters. The third-order valence-electron chi connectivity index (χ3n) is 1.45. The third kappa shape index (κ3) is 9.44. The van der Waals surface area contributed by atoms with Crippen LogP contribution in [0, 0.1) is 0 Å². The van der Waals surface area contributed by atoms with E-state index in [1.807, 2.05) is 0 Å². The highest BCUT2D eigenvalue weighted by Gasteiger charge is 1.98. The summed E-state index contributed by atoms with van der Waals surface area (Å²) in [6.07, 6.45) is 0.819. The molecular weight excluding hydrogens is 186 g/mol. The second kappa shape index (κ2) is 10.4. The molecule has 0 aromatic carbocycles. The van der Waals surface area contributed by atoms with Gasteiger partial charge >= 0.3 is 5.97 Å². The van der Waals surface area contributed by atoms with E-state index in [4.69, 9.17) is 14.6 Å². The second-order valence-electron chi connectivity index (χ2n) is 2.67. The summed E-state index contributed by atoms with van der Waals surface area (Å²) in [6, 6.07) is 0. The monoisotopic (exact) mass is 205 g/mol. The van der Waals surface area contributed by atoms with E-state index >= 15 is 0 Å². The van der Waals surface area contributed by atoms with Crippen molar-refractivity contribution in [3.63, 3.8) is 0 Å². The summed E-state index contributed by atoms with van der Waals surface area (Å²) in [7, 11) is 0. The molecule has 0 unspecified atom stereocenters. The number of carbonyl (C=O) groups is 1. The molecule has 2 N–H and O–H groups in total. The normalized spacial score (nSPS) is 10.1. The highest BCUT2D eigenvalue weighted by Crippen LogP contribution is 1.81. The molecule has 84 valence electrons. The summed E-state index contributed by atoms with van der Waals surface area (Å²) in [5.41, 5.74) is 0. The number of rotatable bonds is 9. The van der Waals surface area contributed by atoms with Gasteiger partial charge in [-0.25, -0.2) is 0 Å². The highest BCUT2D eigenvalue weighted by molar-refractivity contribution is 5.71. The number of hydrogen-bond acceptors (Lipinski definition) is 5. The standard InChI is InChI=1S/C9H19NO4/c1-2-14-9(12)8-10-4-3-6-13-7-5-11/h10-11H,2-8H2,1H3. The number of carbonyl (C=O) groups excluding carboxylic acids is 1.